The van der Waals surface area contributed by atoms with Crippen molar-refractivity contribution in [2.45, 2.75) is 58.8 Å². The summed E-state index contributed by atoms with van der Waals surface area (Å²) < 4.78 is 13.3. The number of furan rings is 2. The molecule has 4 nitrogen and oxygen atoms in total. The lowest BCUT2D eigenvalue weighted by Gasteiger charge is -2.29. The highest BCUT2D eigenvalue weighted by Crippen LogP contribution is 2.54. The molecule has 0 spiro atoms. The Morgan fingerprint density at radius 2 is 0.862 bits per heavy atom. The van der Waals surface area contributed by atoms with E-state index in [9.17, 15) is 0 Å². The molecule has 0 saturated carbocycles. The van der Waals surface area contributed by atoms with Crippen molar-refractivity contribution >= 4 is 88.8 Å². The van der Waals surface area contributed by atoms with E-state index in [1.807, 2.05) is 12.1 Å². The van der Waals surface area contributed by atoms with Crippen LogP contribution in [0.25, 0.3) is 65.8 Å². The zero-order chi connectivity index (χ0) is 44.1. The molecule has 1 aliphatic rings. The number of hydrogen-bond donors (Lipinski definition) is 0. The second-order valence-corrected chi connectivity index (χ2v) is 18.9. The number of fused-ring (bicyclic) bond motifs is 11. The van der Waals surface area contributed by atoms with E-state index in [1.54, 1.807) is 0 Å². The molecule has 0 bridgehead atoms. The van der Waals surface area contributed by atoms with Gasteiger partial charge < -0.3 is 18.6 Å². The third-order valence-corrected chi connectivity index (χ3v) is 14.0. The molecule has 0 aliphatic heterocycles. The van der Waals surface area contributed by atoms with Gasteiger partial charge in [-0.15, -0.1) is 0 Å². The lowest BCUT2D eigenvalue weighted by Crippen LogP contribution is -2.17. The van der Waals surface area contributed by atoms with Crippen molar-refractivity contribution in [2.75, 3.05) is 9.80 Å². The molecule has 2 heterocycles. The molecular weight excluding hydrogens is 793 g/mol. The van der Waals surface area contributed by atoms with Gasteiger partial charge in [0.1, 0.15) is 11.2 Å². The molecule has 0 fully saturated rings. The van der Waals surface area contributed by atoms with Crippen molar-refractivity contribution in [1.82, 2.24) is 0 Å². The molecule has 12 rings (SSSR count). The summed E-state index contributed by atoms with van der Waals surface area (Å²) in [5.74, 6) is 0.875. The van der Waals surface area contributed by atoms with E-state index in [0.717, 1.165) is 78.0 Å². The van der Waals surface area contributed by atoms with Crippen molar-refractivity contribution in [2.24, 2.45) is 0 Å². The van der Waals surface area contributed by atoms with E-state index in [0.29, 0.717) is 11.8 Å². The first kappa shape index (κ1) is 39.1. The van der Waals surface area contributed by atoms with Crippen LogP contribution >= 0.6 is 0 Å². The number of hydrogen-bond acceptors (Lipinski definition) is 4. The zero-order valence-electron chi connectivity index (χ0n) is 37.7. The topological polar surface area (TPSA) is 32.8 Å². The lowest BCUT2D eigenvalue weighted by molar-refractivity contribution is 0.666. The number of para-hydroxylation sites is 4. The van der Waals surface area contributed by atoms with Crippen LogP contribution in [0.4, 0.5) is 34.1 Å². The maximum absolute atomic E-state index is 6.68. The molecule has 316 valence electrons. The molecule has 0 unspecified atom stereocenters. The first-order valence-corrected chi connectivity index (χ1v) is 23.0. The van der Waals surface area contributed by atoms with Crippen molar-refractivity contribution in [3.8, 4) is 11.1 Å². The van der Waals surface area contributed by atoms with Gasteiger partial charge in [-0.1, -0.05) is 151 Å². The highest BCUT2D eigenvalue weighted by molar-refractivity contribution is 6.12. The van der Waals surface area contributed by atoms with Crippen molar-refractivity contribution < 1.29 is 8.83 Å². The predicted molar refractivity (Wildman–Crippen MR) is 274 cm³/mol. The van der Waals surface area contributed by atoms with Gasteiger partial charge >= 0.3 is 0 Å². The average Bonchev–Trinajstić information content (AvgIpc) is 3.98. The van der Waals surface area contributed by atoms with Gasteiger partial charge in [0.2, 0.25) is 0 Å². The SMILES string of the molecule is CC(C)c1ccc(N(c2ccc3c(c2)C(C)(C)c2c-3ccc3cc(N(c4ccc(C(C)C)cc4)c4cccc5c4oc4ccccc45)ccc23)c2cccc3c2oc2ccccc23)cc1. The molecule has 0 amide bonds. The minimum atomic E-state index is -0.285. The van der Waals surface area contributed by atoms with E-state index in [-0.39, 0.29) is 5.41 Å². The molecule has 9 aromatic carbocycles. The van der Waals surface area contributed by atoms with E-state index >= 15 is 0 Å². The molecule has 0 atom stereocenters. The minimum Gasteiger partial charge on any atom is -0.454 e. The molecular formula is C61H50N2O2. The fourth-order valence-electron chi connectivity index (χ4n) is 10.6. The Bertz CT molecular complexity index is 3640. The zero-order valence-corrected chi connectivity index (χ0v) is 37.7. The van der Waals surface area contributed by atoms with Crippen LogP contribution in [0.2, 0.25) is 0 Å². The molecule has 0 N–H and O–H groups in total. The monoisotopic (exact) mass is 842 g/mol. The maximum atomic E-state index is 6.68. The summed E-state index contributed by atoms with van der Waals surface area (Å²) in [7, 11) is 0. The van der Waals surface area contributed by atoms with Crippen molar-refractivity contribution in [1.29, 1.82) is 0 Å². The first-order chi connectivity index (χ1) is 31.6. The van der Waals surface area contributed by atoms with Crippen LogP contribution in [0.3, 0.4) is 0 Å². The number of rotatable bonds is 8. The van der Waals surface area contributed by atoms with Crippen LogP contribution in [0, 0.1) is 0 Å². The van der Waals surface area contributed by atoms with Crippen LogP contribution in [0.15, 0.2) is 191 Å². The number of anilines is 6. The molecule has 65 heavy (non-hydrogen) atoms. The Balaban J connectivity index is 0.992. The fourth-order valence-corrected chi connectivity index (χ4v) is 10.6. The summed E-state index contributed by atoms with van der Waals surface area (Å²) >= 11 is 0. The molecule has 0 radical (unpaired) electrons. The van der Waals surface area contributed by atoms with E-state index in [2.05, 4.69) is 221 Å². The van der Waals surface area contributed by atoms with Gasteiger partial charge in [0.15, 0.2) is 11.2 Å². The van der Waals surface area contributed by atoms with Gasteiger partial charge in [-0.25, -0.2) is 0 Å². The summed E-state index contributed by atoms with van der Waals surface area (Å²) in [5.41, 5.74) is 17.5. The largest absolute Gasteiger partial charge is 0.454 e. The molecule has 1 aliphatic carbocycles. The molecule has 11 aromatic rings. The predicted octanol–water partition coefficient (Wildman–Crippen LogP) is 18.1. The second kappa shape index (κ2) is 14.8. The van der Waals surface area contributed by atoms with Gasteiger partial charge in [-0.3, -0.25) is 0 Å². The van der Waals surface area contributed by atoms with Crippen molar-refractivity contribution in [3.05, 3.63) is 204 Å². The second-order valence-electron chi connectivity index (χ2n) is 18.9. The standard InChI is InChI=1S/C61H50N2O2/c1-37(2)39-21-26-42(27-22-39)62(54-17-11-15-51-48-13-7-9-19-56(48)64-59(51)54)44-30-33-46-41(35-44)25-32-50-47-34-31-45(36-53(47)61(5,6)58(46)50)63(43-28-23-40(24-29-43)38(3)4)55-18-12-16-52-49-14-8-10-20-57(49)65-60(52)55/h7-38H,1-6H3. The summed E-state index contributed by atoms with van der Waals surface area (Å²) in [6.07, 6.45) is 0. The molecule has 4 heteroatoms. The van der Waals surface area contributed by atoms with Gasteiger partial charge in [-0.05, 0) is 129 Å². The van der Waals surface area contributed by atoms with E-state index in [4.69, 9.17) is 8.83 Å². The number of benzene rings is 9. The summed E-state index contributed by atoms with van der Waals surface area (Å²) in [4.78, 5) is 4.74. The third kappa shape index (κ3) is 6.11. The Morgan fingerprint density at radius 3 is 1.40 bits per heavy atom. The Labute approximate surface area is 380 Å². The Kier molecular flexibility index (Phi) is 8.87. The Hall–Kier alpha value is -7.56. The molecule has 2 aromatic heterocycles. The quantitative estimate of drug-likeness (QED) is 0.153. The van der Waals surface area contributed by atoms with Crippen molar-refractivity contribution in [3.63, 3.8) is 0 Å². The summed E-state index contributed by atoms with van der Waals surface area (Å²) in [6.45, 7) is 13.8. The van der Waals surface area contributed by atoms with Crippen LogP contribution in [0.5, 0.6) is 0 Å². The van der Waals surface area contributed by atoms with E-state index < -0.39 is 0 Å². The van der Waals surface area contributed by atoms with E-state index in [1.165, 1.54) is 44.2 Å². The average molecular weight is 843 g/mol. The Morgan fingerprint density at radius 1 is 0.400 bits per heavy atom. The fraction of sp³-hybridized carbons (Fsp3) is 0.148. The highest BCUT2D eigenvalue weighted by atomic mass is 16.3. The smallest absolute Gasteiger partial charge is 0.159 e. The van der Waals surface area contributed by atoms with Gasteiger partial charge in [-0.2, -0.15) is 0 Å². The number of nitrogens with zero attached hydrogens (tertiary/aromatic N) is 2. The summed E-state index contributed by atoms with van der Waals surface area (Å²) in [6, 6.07) is 66.4. The first-order valence-electron chi connectivity index (χ1n) is 23.0. The highest BCUT2D eigenvalue weighted by Gasteiger charge is 2.38. The summed E-state index contributed by atoms with van der Waals surface area (Å²) in [5, 5.41) is 6.93. The van der Waals surface area contributed by atoms with Gasteiger partial charge in [0.05, 0.1) is 11.4 Å². The van der Waals surface area contributed by atoms with Gasteiger partial charge in [0.25, 0.3) is 0 Å². The normalized spacial score (nSPS) is 13.2. The maximum Gasteiger partial charge on any atom is 0.159 e. The van der Waals surface area contributed by atoms with Crippen LogP contribution in [0.1, 0.15) is 75.6 Å². The van der Waals surface area contributed by atoms with Gasteiger partial charge in [0, 0.05) is 49.7 Å². The van der Waals surface area contributed by atoms with Crippen LogP contribution in [-0.4, -0.2) is 0 Å². The molecule has 0 saturated heterocycles. The minimum absolute atomic E-state index is 0.285. The third-order valence-electron chi connectivity index (χ3n) is 14.0. The van der Waals surface area contributed by atoms with Crippen LogP contribution < -0.4 is 9.80 Å². The lowest BCUT2D eigenvalue weighted by atomic mass is 9.80. The van der Waals surface area contributed by atoms with Crippen LogP contribution in [-0.2, 0) is 5.41 Å².